The van der Waals surface area contributed by atoms with E-state index in [4.69, 9.17) is 4.98 Å². The maximum Gasteiger partial charge on any atom is 0.133 e. The summed E-state index contributed by atoms with van der Waals surface area (Å²) in [6.07, 6.45) is 8.34. The maximum atomic E-state index is 4.86. The van der Waals surface area contributed by atoms with E-state index < -0.39 is 0 Å². The van der Waals surface area contributed by atoms with Crippen LogP contribution in [0.4, 0.5) is 0 Å². The molecule has 0 radical (unpaired) electrons. The average molecular weight is 342 g/mol. The minimum Gasteiger partial charge on any atom is -0.298 e. The molecule has 0 atom stereocenters. The van der Waals surface area contributed by atoms with Crippen LogP contribution in [0.2, 0.25) is 0 Å². The number of allylic oxidation sites excluding steroid dienone is 1. The fraction of sp³-hybridized carbons (Fsp3) is 0.727. The number of hydrogen-bond acceptors (Lipinski definition) is 3. The van der Waals surface area contributed by atoms with Crippen molar-refractivity contribution in [1.29, 1.82) is 0 Å². The van der Waals surface area contributed by atoms with Gasteiger partial charge in [-0.05, 0) is 38.0 Å². The normalized spacial score (nSPS) is 21.4. The lowest BCUT2D eigenvalue weighted by Crippen LogP contribution is -2.34. The first-order chi connectivity index (χ1) is 11.7. The van der Waals surface area contributed by atoms with E-state index in [1.54, 1.807) is 11.1 Å². The zero-order valence-corrected chi connectivity index (χ0v) is 17.1. The third-order valence-corrected chi connectivity index (χ3v) is 6.05. The summed E-state index contributed by atoms with van der Waals surface area (Å²) in [5.41, 5.74) is 6.37. The first-order valence-electron chi connectivity index (χ1n) is 9.93. The van der Waals surface area contributed by atoms with Crippen LogP contribution in [0, 0.1) is 5.41 Å². The van der Waals surface area contributed by atoms with Crippen LogP contribution < -0.4 is 0 Å². The molecule has 0 saturated heterocycles. The number of hydrogen-bond donors (Lipinski definition) is 0. The van der Waals surface area contributed by atoms with Gasteiger partial charge in [0.05, 0.1) is 0 Å². The number of nitrogens with zero attached hydrogens (tertiary/aromatic N) is 3. The van der Waals surface area contributed by atoms with Gasteiger partial charge in [-0.3, -0.25) is 4.90 Å². The van der Waals surface area contributed by atoms with Crippen LogP contribution in [-0.2, 0) is 18.4 Å². The summed E-state index contributed by atoms with van der Waals surface area (Å²) in [4.78, 5) is 12.1. The van der Waals surface area contributed by atoms with Gasteiger partial charge < -0.3 is 0 Å². The van der Waals surface area contributed by atoms with Gasteiger partial charge in [-0.1, -0.05) is 45.8 Å². The van der Waals surface area contributed by atoms with E-state index in [-0.39, 0.29) is 5.41 Å². The van der Waals surface area contributed by atoms with E-state index in [0.29, 0.717) is 5.41 Å². The molecule has 0 saturated carbocycles. The molecular formula is C22H35N3. The van der Waals surface area contributed by atoms with E-state index in [1.807, 2.05) is 0 Å². The summed E-state index contributed by atoms with van der Waals surface area (Å²) in [7, 11) is 0. The Kier molecular flexibility index (Phi) is 5.07. The van der Waals surface area contributed by atoms with E-state index in [1.165, 1.54) is 36.9 Å². The minimum atomic E-state index is 0.0305. The zero-order chi connectivity index (χ0) is 18.2. The number of fused-ring (bicyclic) bond motifs is 1. The van der Waals surface area contributed by atoms with Crippen LogP contribution >= 0.6 is 0 Å². The fourth-order valence-corrected chi connectivity index (χ4v) is 4.42. The predicted octanol–water partition coefficient (Wildman–Crippen LogP) is 5.05. The van der Waals surface area contributed by atoms with Crippen molar-refractivity contribution in [3.63, 3.8) is 0 Å². The average Bonchev–Trinajstić information content (AvgIpc) is 2.52. The van der Waals surface area contributed by atoms with Crippen LogP contribution in [-0.4, -0.2) is 28.0 Å². The van der Waals surface area contributed by atoms with Gasteiger partial charge in [0, 0.05) is 48.9 Å². The predicted molar refractivity (Wildman–Crippen MR) is 105 cm³/mol. The standard InChI is InChI=1S/C22H35N3/c1-16-8-7-11-22(5,6)18(16)9-12-25-13-10-19-17(15-25)14-23-20(24-19)21(2,3)4/h14H,7-13,15H2,1-6H3. The molecule has 1 aliphatic heterocycles. The molecule has 0 aromatic carbocycles. The van der Waals surface area contributed by atoms with Crippen LogP contribution in [0.3, 0.4) is 0 Å². The lowest BCUT2D eigenvalue weighted by molar-refractivity contribution is 0.242. The second-order valence-corrected chi connectivity index (χ2v) is 9.69. The SMILES string of the molecule is CC1=C(CCN2CCc3nc(C(C)(C)C)ncc3C2)C(C)(C)CCC1. The van der Waals surface area contributed by atoms with Crippen LogP contribution in [0.1, 0.15) is 84.3 Å². The molecule has 1 aromatic heterocycles. The molecule has 3 heteroatoms. The molecule has 1 aliphatic carbocycles. The van der Waals surface area contributed by atoms with Crippen molar-refractivity contribution in [2.75, 3.05) is 13.1 Å². The van der Waals surface area contributed by atoms with Gasteiger partial charge in [0.1, 0.15) is 5.82 Å². The van der Waals surface area contributed by atoms with Gasteiger partial charge in [-0.15, -0.1) is 0 Å². The highest BCUT2D eigenvalue weighted by Crippen LogP contribution is 2.41. The van der Waals surface area contributed by atoms with Crippen molar-refractivity contribution in [3.05, 3.63) is 34.4 Å². The lowest BCUT2D eigenvalue weighted by Gasteiger charge is -2.36. The van der Waals surface area contributed by atoms with Crippen molar-refractivity contribution < 1.29 is 0 Å². The molecular weight excluding hydrogens is 306 g/mol. The number of aromatic nitrogens is 2. The smallest absolute Gasteiger partial charge is 0.133 e. The Bertz CT molecular complexity index is 664. The van der Waals surface area contributed by atoms with Crippen LogP contribution in [0.5, 0.6) is 0 Å². The third-order valence-electron chi connectivity index (χ3n) is 6.05. The van der Waals surface area contributed by atoms with Crippen LogP contribution in [0.25, 0.3) is 0 Å². The largest absolute Gasteiger partial charge is 0.298 e. The third kappa shape index (κ3) is 4.13. The highest BCUT2D eigenvalue weighted by Gasteiger charge is 2.29. The molecule has 0 fully saturated rings. The van der Waals surface area contributed by atoms with E-state index >= 15 is 0 Å². The summed E-state index contributed by atoms with van der Waals surface area (Å²) in [6.45, 7) is 17.1. The lowest BCUT2D eigenvalue weighted by atomic mass is 9.71. The molecule has 0 N–H and O–H groups in total. The maximum absolute atomic E-state index is 4.86. The highest BCUT2D eigenvalue weighted by molar-refractivity contribution is 5.24. The van der Waals surface area contributed by atoms with Gasteiger partial charge in [0.25, 0.3) is 0 Å². The number of rotatable bonds is 3. The van der Waals surface area contributed by atoms with Crippen molar-refractivity contribution in [1.82, 2.24) is 14.9 Å². The highest BCUT2D eigenvalue weighted by atomic mass is 15.1. The van der Waals surface area contributed by atoms with Gasteiger partial charge in [0.2, 0.25) is 0 Å². The molecule has 3 nitrogen and oxygen atoms in total. The Morgan fingerprint density at radius 1 is 1.20 bits per heavy atom. The fourth-order valence-electron chi connectivity index (χ4n) is 4.42. The summed E-state index contributed by atoms with van der Waals surface area (Å²) in [5, 5.41) is 0. The Balaban J connectivity index is 1.66. The van der Waals surface area contributed by atoms with Crippen molar-refractivity contribution in [2.45, 2.75) is 85.6 Å². The molecule has 1 aromatic rings. The first kappa shape index (κ1) is 18.6. The molecule has 0 unspecified atom stereocenters. The van der Waals surface area contributed by atoms with Crippen molar-refractivity contribution in [3.8, 4) is 0 Å². The zero-order valence-electron chi connectivity index (χ0n) is 17.1. The quantitative estimate of drug-likeness (QED) is 0.721. The first-order valence-corrected chi connectivity index (χ1v) is 9.93. The Labute approximate surface area is 153 Å². The molecule has 138 valence electrons. The van der Waals surface area contributed by atoms with Crippen molar-refractivity contribution >= 4 is 0 Å². The summed E-state index contributed by atoms with van der Waals surface area (Å²) in [6, 6.07) is 0. The second-order valence-electron chi connectivity index (χ2n) is 9.69. The van der Waals surface area contributed by atoms with Gasteiger partial charge in [-0.2, -0.15) is 0 Å². The Hall–Kier alpha value is -1.22. The van der Waals surface area contributed by atoms with Crippen molar-refractivity contribution in [2.24, 2.45) is 5.41 Å². The summed E-state index contributed by atoms with van der Waals surface area (Å²) >= 11 is 0. The van der Waals surface area contributed by atoms with Gasteiger partial charge in [-0.25, -0.2) is 9.97 Å². The van der Waals surface area contributed by atoms with Gasteiger partial charge in [0.15, 0.2) is 0 Å². The van der Waals surface area contributed by atoms with E-state index in [2.05, 4.69) is 57.6 Å². The second kappa shape index (κ2) is 6.83. The molecule has 2 heterocycles. The molecule has 0 amide bonds. The van der Waals surface area contributed by atoms with Gasteiger partial charge >= 0.3 is 0 Å². The Morgan fingerprint density at radius 3 is 2.64 bits per heavy atom. The molecule has 2 aliphatic rings. The summed E-state index contributed by atoms with van der Waals surface area (Å²) in [5.74, 6) is 0.976. The van der Waals surface area contributed by atoms with E-state index in [0.717, 1.165) is 31.9 Å². The molecule has 25 heavy (non-hydrogen) atoms. The monoisotopic (exact) mass is 341 g/mol. The minimum absolute atomic E-state index is 0.0305. The molecule has 0 bridgehead atoms. The summed E-state index contributed by atoms with van der Waals surface area (Å²) < 4.78 is 0. The van der Waals surface area contributed by atoms with E-state index in [9.17, 15) is 0 Å². The van der Waals surface area contributed by atoms with Crippen LogP contribution in [0.15, 0.2) is 17.3 Å². The topological polar surface area (TPSA) is 29.0 Å². The molecule has 3 rings (SSSR count). The Morgan fingerprint density at radius 2 is 1.96 bits per heavy atom. The molecule has 0 spiro atoms.